The molecule has 2 saturated carbocycles. The summed E-state index contributed by atoms with van der Waals surface area (Å²) in [4.78, 5) is 32.0. The number of likely N-dealkylation sites (N-methyl/N-ethyl adjacent to an activating group) is 2. The minimum atomic E-state index is -3.97. The number of benzene rings is 2. The van der Waals surface area contributed by atoms with E-state index in [1.807, 2.05) is 30.1 Å². The SMILES string of the molecule is CCCN(C)CCN(C)C(=O)C12CC1c1cc(OC)ccc1-c1c(C3CCCCC3)c3ccc(C(=O)NS(=O)(=O)N(C)C)cc3n1C2. The van der Waals surface area contributed by atoms with Gasteiger partial charge in [-0.15, -0.1) is 0 Å². The third-order valence-electron chi connectivity index (χ3n) is 10.7. The molecule has 2 aromatic carbocycles. The Morgan fingerprint density at radius 3 is 2.43 bits per heavy atom. The van der Waals surface area contributed by atoms with E-state index in [0.717, 1.165) is 89.4 Å². The van der Waals surface area contributed by atoms with Crippen LogP contribution in [-0.4, -0.2) is 93.8 Å². The number of nitrogens with one attached hydrogen (secondary N) is 1. The Balaban J connectivity index is 1.52. The van der Waals surface area contributed by atoms with Gasteiger partial charge in [0.15, 0.2) is 0 Å². The van der Waals surface area contributed by atoms with E-state index in [4.69, 9.17) is 4.74 Å². The summed E-state index contributed by atoms with van der Waals surface area (Å²) in [5.41, 5.74) is 5.15. The van der Waals surface area contributed by atoms with E-state index in [1.165, 1.54) is 26.1 Å². The summed E-state index contributed by atoms with van der Waals surface area (Å²) in [6.45, 7) is 5.08. The van der Waals surface area contributed by atoms with Gasteiger partial charge in [-0.3, -0.25) is 9.59 Å². The molecule has 2 fully saturated rings. The summed E-state index contributed by atoms with van der Waals surface area (Å²) in [6.07, 6.45) is 7.52. The normalized spacial score (nSPS) is 20.8. The Hall–Kier alpha value is -3.41. The quantitative estimate of drug-likeness (QED) is 0.303. The number of methoxy groups -OCH3 is 1. The second-order valence-electron chi connectivity index (χ2n) is 14.0. The number of hydrogen-bond donors (Lipinski definition) is 1. The molecule has 0 saturated heterocycles. The maximum atomic E-state index is 14.5. The van der Waals surface area contributed by atoms with Crippen molar-refractivity contribution in [2.24, 2.45) is 5.41 Å². The Bertz CT molecular complexity index is 1790. The standard InChI is InChI=1S/C36H49N5O5S/c1-7-17-39(4)18-19-40(5)35(43)36-22-30(36)29-21-26(46-6)14-16-27(29)33-32(24-11-9-8-10-12-24)28-15-13-25(20-31(28)41(33)23-36)34(42)37-47(44,45)38(2)3/h13-16,20-21,24,30H,7-12,17-19,22-23H2,1-6H3,(H,37,42). The number of nitrogens with zero attached hydrogens (tertiary/aromatic N) is 4. The van der Waals surface area contributed by atoms with E-state index < -0.39 is 21.5 Å². The fourth-order valence-corrected chi connectivity index (χ4v) is 8.52. The molecule has 10 nitrogen and oxygen atoms in total. The summed E-state index contributed by atoms with van der Waals surface area (Å²) >= 11 is 0. The number of aromatic nitrogens is 1. The van der Waals surface area contributed by atoms with Crippen LogP contribution in [0.3, 0.4) is 0 Å². The molecule has 11 heteroatoms. The van der Waals surface area contributed by atoms with Crippen LogP contribution in [0.25, 0.3) is 22.2 Å². The van der Waals surface area contributed by atoms with Gasteiger partial charge in [-0.2, -0.15) is 12.7 Å². The summed E-state index contributed by atoms with van der Waals surface area (Å²) in [5.74, 6) is 0.628. The van der Waals surface area contributed by atoms with Gasteiger partial charge < -0.3 is 19.1 Å². The lowest BCUT2D eigenvalue weighted by Gasteiger charge is -2.27. The maximum absolute atomic E-state index is 14.5. The third-order valence-corrected chi connectivity index (χ3v) is 12.1. The van der Waals surface area contributed by atoms with Crippen molar-refractivity contribution in [3.05, 3.63) is 53.1 Å². The predicted molar refractivity (Wildman–Crippen MR) is 185 cm³/mol. The molecule has 0 bridgehead atoms. The lowest BCUT2D eigenvalue weighted by Crippen LogP contribution is -2.41. The van der Waals surface area contributed by atoms with Crippen LogP contribution in [0.5, 0.6) is 5.75 Å². The lowest BCUT2D eigenvalue weighted by molar-refractivity contribution is -0.136. The van der Waals surface area contributed by atoms with Gasteiger partial charge in [0.2, 0.25) is 5.91 Å². The van der Waals surface area contributed by atoms with Crippen molar-refractivity contribution in [2.75, 3.05) is 54.9 Å². The van der Waals surface area contributed by atoms with Gasteiger partial charge in [0.05, 0.1) is 18.2 Å². The van der Waals surface area contributed by atoms with E-state index in [0.29, 0.717) is 19.0 Å². The van der Waals surface area contributed by atoms with E-state index in [1.54, 1.807) is 13.2 Å². The highest BCUT2D eigenvalue weighted by molar-refractivity contribution is 7.87. The molecule has 0 radical (unpaired) electrons. The zero-order chi connectivity index (χ0) is 33.7. The highest BCUT2D eigenvalue weighted by Crippen LogP contribution is 2.66. The van der Waals surface area contributed by atoms with Crippen LogP contribution in [0, 0.1) is 5.41 Å². The highest BCUT2D eigenvalue weighted by atomic mass is 32.2. The zero-order valence-electron chi connectivity index (χ0n) is 28.6. The summed E-state index contributed by atoms with van der Waals surface area (Å²) in [7, 11) is 4.49. The molecule has 6 rings (SSSR count). The van der Waals surface area contributed by atoms with Crippen molar-refractivity contribution in [1.29, 1.82) is 0 Å². The van der Waals surface area contributed by atoms with Crippen molar-refractivity contribution in [2.45, 2.75) is 70.3 Å². The molecule has 3 aromatic rings. The molecular formula is C36H49N5O5S. The van der Waals surface area contributed by atoms with Crippen LogP contribution in [0.2, 0.25) is 0 Å². The topological polar surface area (TPSA) is 104 Å². The van der Waals surface area contributed by atoms with Gasteiger partial charge in [-0.1, -0.05) is 32.3 Å². The smallest absolute Gasteiger partial charge is 0.303 e. The minimum absolute atomic E-state index is 0.0433. The first-order chi connectivity index (χ1) is 22.4. The third kappa shape index (κ3) is 6.06. The van der Waals surface area contributed by atoms with Crippen LogP contribution in [0.4, 0.5) is 0 Å². The van der Waals surface area contributed by atoms with Gasteiger partial charge in [-0.25, -0.2) is 4.72 Å². The molecule has 3 aliphatic rings. The Labute approximate surface area is 279 Å². The maximum Gasteiger partial charge on any atom is 0.303 e. The Morgan fingerprint density at radius 2 is 1.74 bits per heavy atom. The molecule has 1 aliphatic heterocycles. The number of fused-ring (bicyclic) bond motifs is 7. The van der Waals surface area contributed by atoms with E-state index in [-0.39, 0.29) is 17.4 Å². The summed E-state index contributed by atoms with van der Waals surface area (Å²) in [5, 5.41) is 1.07. The summed E-state index contributed by atoms with van der Waals surface area (Å²) in [6, 6.07) is 11.8. The molecule has 2 amide bonds. The van der Waals surface area contributed by atoms with Gasteiger partial charge in [0, 0.05) is 68.7 Å². The monoisotopic (exact) mass is 663 g/mol. The van der Waals surface area contributed by atoms with Crippen molar-refractivity contribution < 1.29 is 22.7 Å². The van der Waals surface area contributed by atoms with E-state index in [9.17, 15) is 18.0 Å². The van der Waals surface area contributed by atoms with Crippen molar-refractivity contribution >= 4 is 32.9 Å². The molecular weight excluding hydrogens is 614 g/mol. The van der Waals surface area contributed by atoms with Crippen LogP contribution in [-0.2, 0) is 21.5 Å². The van der Waals surface area contributed by atoms with Gasteiger partial charge in [0.25, 0.3) is 5.91 Å². The Kier molecular flexibility index (Phi) is 9.19. The second-order valence-corrected chi connectivity index (χ2v) is 15.9. The molecule has 0 spiro atoms. The summed E-state index contributed by atoms with van der Waals surface area (Å²) < 4.78 is 36.3. The molecule has 1 N–H and O–H groups in total. The molecule has 47 heavy (non-hydrogen) atoms. The lowest BCUT2D eigenvalue weighted by atomic mass is 9.81. The first-order valence-corrected chi connectivity index (χ1v) is 18.4. The molecule has 2 heterocycles. The van der Waals surface area contributed by atoms with Crippen molar-refractivity contribution in [3.63, 3.8) is 0 Å². The molecule has 2 unspecified atom stereocenters. The number of hydrogen-bond acceptors (Lipinski definition) is 6. The van der Waals surface area contributed by atoms with E-state index >= 15 is 0 Å². The number of carbonyl (C=O) groups is 2. The van der Waals surface area contributed by atoms with Crippen molar-refractivity contribution in [3.8, 4) is 17.0 Å². The minimum Gasteiger partial charge on any atom is -0.497 e. The van der Waals surface area contributed by atoms with Gasteiger partial charge in [0.1, 0.15) is 5.75 Å². The first kappa shape index (κ1) is 33.5. The zero-order valence-corrected chi connectivity index (χ0v) is 29.5. The van der Waals surface area contributed by atoms with Crippen LogP contribution >= 0.6 is 0 Å². The van der Waals surface area contributed by atoms with Crippen LogP contribution in [0.1, 0.15) is 85.2 Å². The first-order valence-electron chi connectivity index (χ1n) is 16.9. The van der Waals surface area contributed by atoms with Crippen LogP contribution in [0.15, 0.2) is 36.4 Å². The average molecular weight is 664 g/mol. The average Bonchev–Trinajstić information content (AvgIpc) is 3.73. The van der Waals surface area contributed by atoms with Crippen molar-refractivity contribution in [1.82, 2.24) is 23.4 Å². The molecule has 254 valence electrons. The predicted octanol–water partition coefficient (Wildman–Crippen LogP) is 5.19. The van der Waals surface area contributed by atoms with E-state index in [2.05, 4.69) is 40.3 Å². The number of ether oxygens (including phenoxy) is 1. The number of carbonyl (C=O) groups excluding carboxylic acids is 2. The molecule has 1 aromatic heterocycles. The molecule has 2 aliphatic carbocycles. The fraction of sp³-hybridized carbons (Fsp3) is 0.556. The number of amides is 2. The number of rotatable bonds is 11. The fourth-order valence-electron chi connectivity index (χ4n) is 7.99. The van der Waals surface area contributed by atoms with Crippen LogP contribution < -0.4 is 9.46 Å². The highest BCUT2D eigenvalue weighted by Gasteiger charge is 2.63. The largest absolute Gasteiger partial charge is 0.497 e. The second kappa shape index (κ2) is 12.9. The van der Waals surface area contributed by atoms with Gasteiger partial charge >= 0.3 is 10.2 Å². The molecule has 2 atom stereocenters. The Morgan fingerprint density at radius 1 is 1.00 bits per heavy atom. The van der Waals surface area contributed by atoms with Gasteiger partial charge in [-0.05, 0) is 86.7 Å².